The van der Waals surface area contributed by atoms with Gasteiger partial charge >= 0.3 is 0 Å². The minimum absolute atomic E-state index is 0.138. The SMILES string of the molecule is CC(C)Cn1ccc(-c2cncc([C@@]34CC[C@@H](c5cc(-c6c(F)cccc6F)nnc53)C4(C)C)n2)n1. The zero-order chi connectivity index (χ0) is 25.2. The van der Waals surface area contributed by atoms with E-state index in [0.717, 1.165) is 47.7 Å². The molecule has 2 atom stereocenters. The molecule has 1 aromatic carbocycles. The minimum atomic E-state index is -0.642. The highest BCUT2D eigenvalue weighted by Crippen LogP contribution is 2.69. The number of hydrogen-bond donors (Lipinski definition) is 0. The maximum absolute atomic E-state index is 14.5. The van der Waals surface area contributed by atoms with Gasteiger partial charge in [-0.15, -0.1) is 5.10 Å². The van der Waals surface area contributed by atoms with Crippen LogP contribution in [0.5, 0.6) is 0 Å². The number of nitrogens with zero attached hydrogens (tertiary/aromatic N) is 6. The van der Waals surface area contributed by atoms with Gasteiger partial charge < -0.3 is 0 Å². The molecule has 1 saturated carbocycles. The van der Waals surface area contributed by atoms with Crippen LogP contribution in [-0.4, -0.2) is 29.9 Å². The predicted octanol–water partition coefficient (Wildman–Crippen LogP) is 5.93. The first-order chi connectivity index (χ1) is 17.2. The largest absolute Gasteiger partial charge is 0.272 e. The summed E-state index contributed by atoms with van der Waals surface area (Å²) in [5.41, 5.74) is 3.53. The number of aromatic nitrogens is 6. The Labute approximate surface area is 208 Å². The van der Waals surface area contributed by atoms with Crippen LogP contribution in [0.25, 0.3) is 22.6 Å². The normalized spacial score (nSPS) is 21.8. The summed E-state index contributed by atoms with van der Waals surface area (Å²) in [5, 5.41) is 13.6. The van der Waals surface area contributed by atoms with Crippen molar-refractivity contribution >= 4 is 0 Å². The maximum atomic E-state index is 14.5. The van der Waals surface area contributed by atoms with E-state index in [4.69, 9.17) is 10.1 Å². The lowest BCUT2D eigenvalue weighted by molar-refractivity contribution is 0.242. The van der Waals surface area contributed by atoms with Crippen molar-refractivity contribution in [3.05, 3.63) is 77.5 Å². The molecule has 6 nitrogen and oxygen atoms in total. The van der Waals surface area contributed by atoms with Crippen LogP contribution in [0.3, 0.4) is 0 Å². The average molecular weight is 487 g/mol. The van der Waals surface area contributed by atoms with Gasteiger partial charge in [-0.05, 0) is 59.9 Å². The molecule has 0 saturated heterocycles. The highest BCUT2D eigenvalue weighted by molar-refractivity contribution is 5.64. The summed E-state index contributed by atoms with van der Waals surface area (Å²) in [6, 6.07) is 7.63. The number of hydrogen-bond acceptors (Lipinski definition) is 5. The molecule has 8 heteroatoms. The first-order valence-electron chi connectivity index (χ1n) is 12.4. The second kappa shape index (κ2) is 7.98. The van der Waals surface area contributed by atoms with Gasteiger partial charge in [0.25, 0.3) is 0 Å². The molecule has 2 bridgehead atoms. The topological polar surface area (TPSA) is 69.4 Å². The fourth-order valence-corrected chi connectivity index (χ4v) is 6.43. The minimum Gasteiger partial charge on any atom is -0.272 e. The standard InChI is InChI=1S/C28H28F2N6/c1-16(2)15-36-11-9-21(35-36)23-13-31-14-24(32-23)28-10-8-18(27(28,3)4)17-12-22(33-34-26(17)28)25-19(29)6-5-7-20(25)30/h5-7,9,11-14,16,18H,8,10,15H2,1-4H3/t18-,28-/m0/s1. The third-order valence-electron chi connectivity index (χ3n) is 8.13. The lowest BCUT2D eigenvalue weighted by Gasteiger charge is -2.37. The van der Waals surface area contributed by atoms with Gasteiger partial charge in [-0.2, -0.15) is 10.2 Å². The molecule has 0 aliphatic heterocycles. The van der Waals surface area contributed by atoms with Crippen LogP contribution in [0.1, 0.15) is 63.4 Å². The Morgan fingerprint density at radius 2 is 1.81 bits per heavy atom. The Kier molecular flexibility index (Phi) is 5.07. The molecule has 1 fully saturated rings. The van der Waals surface area contributed by atoms with Gasteiger partial charge in [0, 0.05) is 18.9 Å². The van der Waals surface area contributed by atoms with E-state index in [2.05, 4.69) is 42.9 Å². The second-order valence-corrected chi connectivity index (χ2v) is 11.0. The van der Waals surface area contributed by atoms with Crippen LogP contribution in [0.2, 0.25) is 0 Å². The van der Waals surface area contributed by atoms with Crippen molar-refractivity contribution in [1.29, 1.82) is 0 Å². The Bertz CT molecular complexity index is 1460. The quantitative estimate of drug-likeness (QED) is 0.349. The molecule has 2 aliphatic carbocycles. The van der Waals surface area contributed by atoms with Crippen molar-refractivity contribution in [3.8, 4) is 22.6 Å². The molecular formula is C28H28F2N6. The number of rotatable bonds is 5. The number of fused-ring (bicyclic) bond motifs is 5. The number of benzene rings is 1. The lowest BCUT2D eigenvalue weighted by Crippen LogP contribution is -2.38. The lowest BCUT2D eigenvalue weighted by atomic mass is 9.66. The smallest absolute Gasteiger partial charge is 0.135 e. The van der Waals surface area contributed by atoms with Crippen molar-refractivity contribution in [2.24, 2.45) is 11.3 Å². The van der Waals surface area contributed by atoms with Crippen LogP contribution in [0.15, 0.2) is 48.9 Å². The number of halogens is 2. The zero-order valence-corrected chi connectivity index (χ0v) is 20.8. The molecule has 2 aliphatic rings. The third kappa shape index (κ3) is 3.16. The summed E-state index contributed by atoms with van der Waals surface area (Å²) in [6.45, 7) is 9.59. The Morgan fingerprint density at radius 3 is 2.56 bits per heavy atom. The first-order valence-corrected chi connectivity index (χ1v) is 12.4. The Hall–Kier alpha value is -3.55. The fraction of sp³-hybridized carbons (Fsp3) is 0.393. The third-order valence-corrected chi connectivity index (χ3v) is 8.13. The van der Waals surface area contributed by atoms with Crippen LogP contribution in [-0.2, 0) is 12.0 Å². The van der Waals surface area contributed by atoms with E-state index < -0.39 is 17.0 Å². The van der Waals surface area contributed by atoms with E-state index in [0.29, 0.717) is 5.92 Å². The Balaban J connectivity index is 1.46. The molecular weight excluding hydrogens is 458 g/mol. The average Bonchev–Trinajstić information content (AvgIpc) is 3.46. The van der Waals surface area contributed by atoms with Gasteiger partial charge in [0.1, 0.15) is 23.0 Å². The van der Waals surface area contributed by atoms with Gasteiger partial charge in [0.15, 0.2) is 0 Å². The van der Waals surface area contributed by atoms with Crippen LogP contribution < -0.4 is 0 Å². The van der Waals surface area contributed by atoms with E-state index in [1.54, 1.807) is 6.20 Å². The summed E-state index contributed by atoms with van der Waals surface area (Å²) in [6.07, 6.45) is 7.32. The van der Waals surface area contributed by atoms with Crippen molar-refractivity contribution in [3.63, 3.8) is 0 Å². The van der Waals surface area contributed by atoms with E-state index in [-0.39, 0.29) is 22.6 Å². The fourth-order valence-electron chi connectivity index (χ4n) is 6.43. The molecule has 184 valence electrons. The van der Waals surface area contributed by atoms with Gasteiger partial charge in [-0.1, -0.05) is 33.8 Å². The van der Waals surface area contributed by atoms with E-state index >= 15 is 0 Å². The highest BCUT2D eigenvalue weighted by atomic mass is 19.1. The molecule has 0 N–H and O–H groups in total. The molecule has 0 spiro atoms. The molecule has 4 aromatic rings. The summed E-state index contributed by atoms with van der Waals surface area (Å²) < 4.78 is 31.0. The van der Waals surface area contributed by atoms with Crippen molar-refractivity contribution in [1.82, 2.24) is 29.9 Å². The predicted molar refractivity (Wildman–Crippen MR) is 132 cm³/mol. The molecule has 3 heterocycles. The summed E-state index contributed by atoms with van der Waals surface area (Å²) in [5.74, 6) is -0.623. The molecule has 0 unspecified atom stereocenters. The zero-order valence-electron chi connectivity index (χ0n) is 20.8. The summed E-state index contributed by atoms with van der Waals surface area (Å²) >= 11 is 0. The van der Waals surface area contributed by atoms with Crippen LogP contribution >= 0.6 is 0 Å². The van der Waals surface area contributed by atoms with Crippen molar-refractivity contribution in [2.45, 2.75) is 58.4 Å². The second-order valence-electron chi connectivity index (χ2n) is 11.0. The van der Waals surface area contributed by atoms with E-state index in [9.17, 15) is 8.78 Å². The van der Waals surface area contributed by atoms with E-state index in [1.807, 2.05) is 29.2 Å². The van der Waals surface area contributed by atoms with Crippen molar-refractivity contribution in [2.75, 3.05) is 0 Å². The summed E-state index contributed by atoms with van der Waals surface area (Å²) in [4.78, 5) is 9.62. The van der Waals surface area contributed by atoms with Gasteiger partial charge in [-0.25, -0.2) is 13.8 Å². The highest BCUT2D eigenvalue weighted by Gasteiger charge is 2.65. The molecule has 6 rings (SSSR count). The van der Waals surface area contributed by atoms with Gasteiger partial charge in [0.2, 0.25) is 0 Å². The first kappa shape index (κ1) is 22.9. The van der Waals surface area contributed by atoms with Gasteiger partial charge in [-0.3, -0.25) is 9.67 Å². The molecule has 0 radical (unpaired) electrons. The van der Waals surface area contributed by atoms with E-state index in [1.165, 1.54) is 18.2 Å². The Morgan fingerprint density at radius 1 is 1.03 bits per heavy atom. The molecule has 36 heavy (non-hydrogen) atoms. The van der Waals surface area contributed by atoms with Crippen molar-refractivity contribution < 1.29 is 8.78 Å². The molecule has 3 aromatic heterocycles. The van der Waals surface area contributed by atoms with Gasteiger partial charge in [0.05, 0.1) is 34.3 Å². The van der Waals surface area contributed by atoms with Crippen LogP contribution in [0.4, 0.5) is 8.78 Å². The maximum Gasteiger partial charge on any atom is 0.135 e. The molecule has 0 amide bonds. The van der Waals surface area contributed by atoms with Crippen LogP contribution in [0, 0.1) is 23.0 Å². The summed E-state index contributed by atoms with van der Waals surface area (Å²) in [7, 11) is 0. The monoisotopic (exact) mass is 486 g/mol.